The molecule has 0 aromatic carbocycles. The van der Waals surface area contributed by atoms with E-state index >= 15 is 0 Å². The van der Waals surface area contributed by atoms with Crippen LogP contribution >= 0.6 is 11.6 Å². The van der Waals surface area contributed by atoms with Gasteiger partial charge >= 0.3 is 0 Å². The minimum atomic E-state index is -0.0820. The summed E-state index contributed by atoms with van der Waals surface area (Å²) in [6, 6.07) is 1.89. The lowest BCUT2D eigenvalue weighted by Gasteiger charge is -2.25. The van der Waals surface area contributed by atoms with Crippen molar-refractivity contribution in [2.75, 3.05) is 6.61 Å². The quantitative estimate of drug-likeness (QED) is 0.810. The van der Waals surface area contributed by atoms with E-state index in [1.807, 2.05) is 6.07 Å². The molecular formula is C11H17ClN2O. The molecule has 0 atom stereocenters. The van der Waals surface area contributed by atoms with E-state index in [1.165, 1.54) is 0 Å². The second-order valence-electron chi connectivity index (χ2n) is 4.18. The maximum absolute atomic E-state index is 8.88. The van der Waals surface area contributed by atoms with Crippen molar-refractivity contribution in [1.82, 2.24) is 10.3 Å². The number of pyridine rings is 1. The topological polar surface area (TPSA) is 45.1 Å². The van der Waals surface area contributed by atoms with Gasteiger partial charge in [-0.05, 0) is 31.9 Å². The lowest BCUT2D eigenvalue weighted by molar-refractivity contribution is 0.230. The van der Waals surface area contributed by atoms with Gasteiger partial charge in [-0.15, -0.1) is 0 Å². The average Bonchev–Trinajstić information content (AvgIpc) is 2.16. The zero-order valence-corrected chi connectivity index (χ0v) is 9.88. The fourth-order valence-electron chi connectivity index (χ4n) is 1.25. The van der Waals surface area contributed by atoms with Crippen LogP contribution in [-0.2, 0) is 6.54 Å². The number of aliphatic hydroxyl groups excluding tert-OH is 1. The number of hydrogen-bond acceptors (Lipinski definition) is 3. The fraction of sp³-hybridized carbons (Fsp3) is 0.545. The van der Waals surface area contributed by atoms with Crippen LogP contribution in [0.4, 0.5) is 0 Å². The van der Waals surface area contributed by atoms with E-state index in [0.717, 1.165) is 12.0 Å². The monoisotopic (exact) mass is 228 g/mol. The van der Waals surface area contributed by atoms with Gasteiger partial charge in [-0.1, -0.05) is 11.6 Å². The van der Waals surface area contributed by atoms with Crippen molar-refractivity contribution in [3.05, 3.63) is 29.0 Å². The van der Waals surface area contributed by atoms with Crippen LogP contribution in [0.5, 0.6) is 0 Å². The normalized spacial score (nSPS) is 11.7. The molecule has 0 aliphatic heterocycles. The first kappa shape index (κ1) is 12.4. The molecule has 1 aromatic heterocycles. The van der Waals surface area contributed by atoms with Crippen LogP contribution in [0.15, 0.2) is 18.5 Å². The van der Waals surface area contributed by atoms with E-state index in [0.29, 0.717) is 11.6 Å². The molecule has 1 rings (SSSR count). The van der Waals surface area contributed by atoms with Gasteiger partial charge in [-0.3, -0.25) is 4.98 Å². The summed E-state index contributed by atoms with van der Waals surface area (Å²) in [5.41, 5.74) is 0.944. The van der Waals surface area contributed by atoms with Gasteiger partial charge in [-0.25, -0.2) is 0 Å². The van der Waals surface area contributed by atoms with E-state index in [9.17, 15) is 0 Å². The first-order valence-corrected chi connectivity index (χ1v) is 5.37. The first-order chi connectivity index (χ1) is 7.05. The van der Waals surface area contributed by atoms with Gasteiger partial charge in [0.25, 0.3) is 0 Å². The van der Waals surface area contributed by atoms with Crippen molar-refractivity contribution in [3.8, 4) is 0 Å². The third-order valence-corrected chi connectivity index (χ3v) is 2.69. The molecular weight excluding hydrogens is 212 g/mol. The number of nitrogens with one attached hydrogen (secondary N) is 1. The van der Waals surface area contributed by atoms with Gasteiger partial charge in [0.05, 0.1) is 5.02 Å². The minimum absolute atomic E-state index is 0.0820. The molecule has 0 saturated carbocycles. The molecule has 2 N–H and O–H groups in total. The lowest BCUT2D eigenvalue weighted by Crippen LogP contribution is -2.39. The van der Waals surface area contributed by atoms with Gasteiger partial charge in [0.15, 0.2) is 0 Å². The van der Waals surface area contributed by atoms with Crippen molar-refractivity contribution < 1.29 is 5.11 Å². The molecule has 0 amide bonds. The summed E-state index contributed by atoms with van der Waals surface area (Å²) in [7, 11) is 0. The second-order valence-corrected chi connectivity index (χ2v) is 4.59. The minimum Gasteiger partial charge on any atom is -0.396 e. The Labute approximate surface area is 95.5 Å². The largest absolute Gasteiger partial charge is 0.396 e. The Balaban J connectivity index is 2.53. The molecule has 0 bridgehead atoms. The van der Waals surface area contributed by atoms with Crippen LogP contribution in [0.25, 0.3) is 0 Å². The summed E-state index contributed by atoms with van der Waals surface area (Å²) >= 11 is 5.98. The average molecular weight is 229 g/mol. The predicted octanol–water partition coefficient (Wildman–Crippen LogP) is 1.99. The molecule has 15 heavy (non-hydrogen) atoms. The van der Waals surface area contributed by atoms with Gasteiger partial charge < -0.3 is 10.4 Å². The highest BCUT2D eigenvalue weighted by atomic mass is 35.5. The summed E-state index contributed by atoms with van der Waals surface area (Å²) in [6.07, 6.45) is 4.08. The molecule has 0 unspecified atom stereocenters. The van der Waals surface area contributed by atoms with Gasteiger partial charge in [0.1, 0.15) is 0 Å². The number of nitrogens with zero attached hydrogens (tertiary/aromatic N) is 1. The Kier molecular flexibility index (Phi) is 4.51. The Morgan fingerprint density at radius 1 is 1.53 bits per heavy atom. The van der Waals surface area contributed by atoms with Crippen molar-refractivity contribution in [1.29, 1.82) is 0 Å². The van der Waals surface area contributed by atoms with Gasteiger partial charge in [0.2, 0.25) is 0 Å². The number of rotatable bonds is 5. The third kappa shape index (κ3) is 4.16. The van der Waals surface area contributed by atoms with Crippen molar-refractivity contribution in [3.63, 3.8) is 0 Å². The summed E-state index contributed by atoms with van der Waals surface area (Å²) in [6.45, 7) is 4.98. The molecule has 4 heteroatoms. The number of aliphatic hydroxyl groups is 1. The zero-order valence-electron chi connectivity index (χ0n) is 9.13. The molecule has 0 aliphatic rings. The van der Waals surface area contributed by atoms with Crippen LogP contribution in [-0.4, -0.2) is 22.2 Å². The van der Waals surface area contributed by atoms with E-state index < -0.39 is 0 Å². The van der Waals surface area contributed by atoms with E-state index in [2.05, 4.69) is 24.1 Å². The van der Waals surface area contributed by atoms with Crippen LogP contribution in [0.2, 0.25) is 5.02 Å². The van der Waals surface area contributed by atoms with Crippen LogP contribution < -0.4 is 5.32 Å². The molecule has 1 heterocycles. The lowest BCUT2D eigenvalue weighted by atomic mass is 10.0. The molecule has 0 saturated heterocycles. The number of hydrogen-bond donors (Lipinski definition) is 2. The summed E-state index contributed by atoms with van der Waals surface area (Å²) in [5.74, 6) is 0. The van der Waals surface area contributed by atoms with Gasteiger partial charge in [0, 0.05) is 31.1 Å². The van der Waals surface area contributed by atoms with E-state index in [4.69, 9.17) is 16.7 Å². The molecule has 84 valence electrons. The van der Waals surface area contributed by atoms with E-state index in [1.54, 1.807) is 12.4 Å². The Morgan fingerprint density at radius 3 is 2.87 bits per heavy atom. The van der Waals surface area contributed by atoms with E-state index in [-0.39, 0.29) is 12.1 Å². The maximum Gasteiger partial charge on any atom is 0.0634 e. The van der Waals surface area contributed by atoms with Crippen molar-refractivity contribution in [2.45, 2.75) is 32.4 Å². The SMILES string of the molecule is CC(C)(CCO)NCc1ccncc1Cl. The standard InChI is InChI=1S/C11H17ClN2O/c1-11(2,4-6-15)14-7-9-3-5-13-8-10(9)12/h3,5,8,14-15H,4,6-7H2,1-2H3. The second kappa shape index (κ2) is 5.45. The Hall–Kier alpha value is -0.640. The molecule has 1 aromatic rings. The highest BCUT2D eigenvalue weighted by molar-refractivity contribution is 6.31. The molecule has 0 aliphatic carbocycles. The molecule has 0 fully saturated rings. The number of halogens is 1. The van der Waals surface area contributed by atoms with Gasteiger partial charge in [-0.2, -0.15) is 0 Å². The Morgan fingerprint density at radius 2 is 2.27 bits per heavy atom. The smallest absolute Gasteiger partial charge is 0.0634 e. The maximum atomic E-state index is 8.88. The highest BCUT2D eigenvalue weighted by Crippen LogP contribution is 2.15. The predicted molar refractivity (Wildman–Crippen MR) is 61.9 cm³/mol. The van der Waals surface area contributed by atoms with Crippen molar-refractivity contribution >= 4 is 11.6 Å². The number of aromatic nitrogens is 1. The van der Waals surface area contributed by atoms with Crippen LogP contribution in [0.3, 0.4) is 0 Å². The molecule has 0 radical (unpaired) electrons. The first-order valence-electron chi connectivity index (χ1n) is 4.99. The molecule has 0 spiro atoms. The molecule has 3 nitrogen and oxygen atoms in total. The zero-order chi connectivity index (χ0) is 11.3. The van der Waals surface area contributed by atoms with Crippen molar-refractivity contribution in [2.24, 2.45) is 0 Å². The third-order valence-electron chi connectivity index (χ3n) is 2.35. The fourth-order valence-corrected chi connectivity index (χ4v) is 1.44. The van der Waals surface area contributed by atoms with Crippen LogP contribution in [0, 0.1) is 0 Å². The summed E-state index contributed by atoms with van der Waals surface area (Å²) in [5, 5.41) is 12.9. The highest BCUT2D eigenvalue weighted by Gasteiger charge is 2.16. The summed E-state index contributed by atoms with van der Waals surface area (Å²) in [4.78, 5) is 3.93. The van der Waals surface area contributed by atoms with Crippen LogP contribution in [0.1, 0.15) is 25.8 Å². The Bertz CT molecular complexity index is 315. The summed E-state index contributed by atoms with van der Waals surface area (Å²) < 4.78 is 0.